The fraction of sp³-hybridized carbons (Fsp3) is 0.923. The van der Waals surface area contributed by atoms with E-state index in [1.54, 1.807) is 0 Å². The first-order chi connectivity index (χ1) is 8.45. The van der Waals surface area contributed by atoms with Crippen molar-refractivity contribution in [1.82, 2.24) is 10.2 Å². The van der Waals surface area contributed by atoms with Gasteiger partial charge in [-0.25, -0.2) is 0 Å². The van der Waals surface area contributed by atoms with Gasteiger partial charge in [-0.05, 0) is 11.8 Å². The van der Waals surface area contributed by atoms with Crippen molar-refractivity contribution >= 4 is 5.91 Å². The summed E-state index contributed by atoms with van der Waals surface area (Å²) in [7, 11) is 0. The van der Waals surface area contributed by atoms with Crippen molar-refractivity contribution in [2.45, 2.75) is 33.2 Å². The lowest BCUT2D eigenvalue weighted by atomic mass is 9.85. The second-order valence-corrected chi connectivity index (χ2v) is 5.80. The van der Waals surface area contributed by atoms with Gasteiger partial charge in [0.1, 0.15) is 0 Å². The molecule has 1 aliphatic heterocycles. The maximum absolute atomic E-state index is 12.0. The van der Waals surface area contributed by atoms with Crippen LogP contribution in [0.4, 0.5) is 0 Å². The maximum Gasteiger partial charge on any atom is 0.236 e. The Labute approximate surface area is 109 Å². The van der Waals surface area contributed by atoms with Crippen molar-refractivity contribution in [3.8, 4) is 0 Å². The van der Waals surface area contributed by atoms with Crippen LogP contribution in [0.2, 0.25) is 0 Å². The van der Waals surface area contributed by atoms with Crippen molar-refractivity contribution in [2.24, 2.45) is 5.41 Å². The molecule has 5 heteroatoms. The first-order valence-electron chi connectivity index (χ1n) is 6.65. The number of morpholine rings is 1. The van der Waals surface area contributed by atoms with Gasteiger partial charge < -0.3 is 20.1 Å². The molecular weight excluding hydrogens is 232 g/mol. The van der Waals surface area contributed by atoms with Gasteiger partial charge in [0.15, 0.2) is 0 Å². The molecule has 0 saturated carbocycles. The lowest BCUT2D eigenvalue weighted by molar-refractivity contribution is -0.134. The van der Waals surface area contributed by atoms with Crippen LogP contribution in [0.3, 0.4) is 0 Å². The molecule has 0 aromatic rings. The Bertz CT molecular complexity index is 257. The number of aliphatic hydroxyl groups is 1. The molecule has 1 rings (SSSR count). The zero-order chi connectivity index (χ0) is 13.6. The van der Waals surface area contributed by atoms with Gasteiger partial charge >= 0.3 is 0 Å². The largest absolute Gasteiger partial charge is 0.396 e. The molecule has 1 amide bonds. The molecule has 106 valence electrons. The van der Waals surface area contributed by atoms with Crippen LogP contribution < -0.4 is 5.32 Å². The Balaban J connectivity index is 2.38. The van der Waals surface area contributed by atoms with Gasteiger partial charge in [-0.3, -0.25) is 4.79 Å². The van der Waals surface area contributed by atoms with Crippen molar-refractivity contribution in [1.29, 1.82) is 0 Å². The zero-order valence-corrected chi connectivity index (χ0v) is 11.7. The standard InChI is InChI=1S/C13H26N2O3/c1-13(2,3)11(4-7-16)14-10-12(17)15-5-8-18-9-6-15/h11,14,16H,4-10H2,1-3H3. The third-order valence-corrected chi connectivity index (χ3v) is 3.33. The highest BCUT2D eigenvalue weighted by atomic mass is 16.5. The Morgan fingerprint density at radius 1 is 1.39 bits per heavy atom. The molecule has 1 unspecified atom stereocenters. The van der Waals surface area contributed by atoms with Crippen LogP contribution in [0.15, 0.2) is 0 Å². The predicted molar refractivity (Wildman–Crippen MR) is 70.3 cm³/mol. The number of ether oxygens (including phenoxy) is 1. The number of hydrogen-bond donors (Lipinski definition) is 2. The summed E-state index contributed by atoms with van der Waals surface area (Å²) in [5.41, 5.74) is 0.0357. The average Bonchev–Trinajstić information content (AvgIpc) is 2.33. The van der Waals surface area contributed by atoms with Gasteiger partial charge in [0.25, 0.3) is 0 Å². The molecule has 0 bridgehead atoms. The summed E-state index contributed by atoms with van der Waals surface area (Å²) in [5.74, 6) is 0.116. The fourth-order valence-corrected chi connectivity index (χ4v) is 2.11. The van der Waals surface area contributed by atoms with E-state index in [0.29, 0.717) is 39.3 Å². The summed E-state index contributed by atoms with van der Waals surface area (Å²) < 4.78 is 5.22. The molecule has 0 aromatic heterocycles. The van der Waals surface area contributed by atoms with Crippen LogP contribution in [-0.4, -0.2) is 61.4 Å². The smallest absolute Gasteiger partial charge is 0.236 e. The van der Waals surface area contributed by atoms with E-state index in [0.717, 1.165) is 0 Å². The molecule has 0 aromatic carbocycles. The second-order valence-electron chi connectivity index (χ2n) is 5.80. The molecule has 1 atom stereocenters. The molecule has 0 spiro atoms. The molecule has 5 nitrogen and oxygen atoms in total. The van der Waals surface area contributed by atoms with E-state index in [1.165, 1.54) is 0 Å². The van der Waals surface area contributed by atoms with Gasteiger partial charge in [0, 0.05) is 25.7 Å². The summed E-state index contributed by atoms with van der Waals surface area (Å²) in [4.78, 5) is 13.8. The Hall–Kier alpha value is -0.650. The van der Waals surface area contributed by atoms with Crippen LogP contribution in [-0.2, 0) is 9.53 Å². The molecular formula is C13H26N2O3. The monoisotopic (exact) mass is 258 g/mol. The van der Waals surface area contributed by atoms with E-state index in [-0.39, 0.29) is 24.0 Å². The molecule has 0 radical (unpaired) electrons. The van der Waals surface area contributed by atoms with Gasteiger partial charge in [0.05, 0.1) is 19.8 Å². The first kappa shape index (κ1) is 15.4. The van der Waals surface area contributed by atoms with E-state index in [4.69, 9.17) is 9.84 Å². The molecule has 1 fully saturated rings. The minimum atomic E-state index is 0.0357. The molecule has 1 aliphatic rings. The van der Waals surface area contributed by atoms with E-state index >= 15 is 0 Å². The first-order valence-corrected chi connectivity index (χ1v) is 6.65. The molecule has 0 aliphatic carbocycles. The molecule has 1 saturated heterocycles. The summed E-state index contributed by atoms with van der Waals surface area (Å²) in [6.45, 7) is 9.43. The Morgan fingerprint density at radius 2 is 2.00 bits per heavy atom. The normalized spacial score (nSPS) is 18.8. The summed E-state index contributed by atoms with van der Waals surface area (Å²) in [5, 5.41) is 12.3. The van der Waals surface area contributed by atoms with Crippen molar-refractivity contribution in [3.05, 3.63) is 0 Å². The van der Waals surface area contributed by atoms with E-state index in [2.05, 4.69) is 26.1 Å². The van der Waals surface area contributed by atoms with Crippen LogP contribution in [0, 0.1) is 5.41 Å². The summed E-state index contributed by atoms with van der Waals surface area (Å²) >= 11 is 0. The number of nitrogens with one attached hydrogen (secondary N) is 1. The van der Waals surface area contributed by atoms with E-state index < -0.39 is 0 Å². The number of aliphatic hydroxyl groups excluding tert-OH is 1. The van der Waals surface area contributed by atoms with Gasteiger partial charge in [-0.2, -0.15) is 0 Å². The van der Waals surface area contributed by atoms with Crippen LogP contribution in [0.1, 0.15) is 27.2 Å². The van der Waals surface area contributed by atoms with E-state index in [1.807, 2.05) is 4.90 Å². The number of rotatable bonds is 5. The van der Waals surface area contributed by atoms with E-state index in [9.17, 15) is 4.79 Å². The Kier molecular flexibility index (Phi) is 6.05. The Morgan fingerprint density at radius 3 is 2.50 bits per heavy atom. The van der Waals surface area contributed by atoms with Gasteiger partial charge in [-0.15, -0.1) is 0 Å². The maximum atomic E-state index is 12.0. The van der Waals surface area contributed by atoms with Crippen molar-refractivity contribution in [2.75, 3.05) is 39.5 Å². The average molecular weight is 258 g/mol. The second kappa shape index (κ2) is 7.07. The van der Waals surface area contributed by atoms with Crippen LogP contribution >= 0.6 is 0 Å². The van der Waals surface area contributed by atoms with Crippen LogP contribution in [0.5, 0.6) is 0 Å². The summed E-state index contributed by atoms with van der Waals surface area (Å²) in [6, 6.07) is 0.146. The number of carbonyl (C=O) groups is 1. The van der Waals surface area contributed by atoms with Gasteiger partial charge in [0.2, 0.25) is 5.91 Å². The van der Waals surface area contributed by atoms with Gasteiger partial charge in [-0.1, -0.05) is 20.8 Å². The molecule has 1 heterocycles. The minimum Gasteiger partial charge on any atom is -0.396 e. The number of amides is 1. The highest BCUT2D eigenvalue weighted by Crippen LogP contribution is 2.21. The predicted octanol–water partition coefficient (Wildman–Crippen LogP) is 0.232. The lowest BCUT2D eigenvalue weighted by Gasteiger charge is -2.33. The lowest BCUT2D eigenvalue weighted by Crippen LogP contribution is -2.49. The van der Waals surface area contributed by atoms with Crippen molar-refractivity contribution in [3.63, 3.8) is 0 Å². The third kappa shape index (κ3) is 4.92. The number of hydrogen-bond acceptors (Lipinski definition) is 4. The molecule has 2 N–H and O–H groups in total. The number of carbonyl (C=O) groups excluding carboxylic acids is 1. The van der Waals surface area contributed by atoms with Crippen LogP contribution in [0.25, 0.3) is 0 Å². The minimum absolute atomic E-state index is 0.0357. The quantitative estimate of drug-likeness (QED) is 0.741. The summed E-state index contributed by atoms with van der Waals surface area (Å²) in [6.07, 6.45) is 0.667. The fourth-order valence-electron chi connectivity index (χ4n) is 2.11. The molecule has 18 heavy (non-hydrogen) atoms. The highest BCUT2D eigenvalue weighted by molar-refractivity contribution is 5.78. The number of nitrogens with zero attached hydrogens (tertiary/aromatic N) is 1. The topological polar surface area (TPSA) is 61.8 Å². The third-order valence-electron chi connectivity index (χ3n) is 3.33. The SMILES string of the molecule is CC(C)(C)C(CCO)NCC(=O)N1CCOCC1. The van der Waals surface area contributed by atoms with Crippen molar-refractivity contribution < 1.29 is 14.6 Å². The zero-order valence-electron chi connectivity index (χ0n) is 11.7. The highest BCUT2D eigenvalue weighted by Gasteiger charge is 2.25.